The highest BCUT2D eigenvalue weighted by molar-refractivity contribution is 5.27. The molecule has 21 heavy (non-hydrogen) atoms. The third-order valence-corrected chi connectivity index (χ3v) is 4.82. The summed E-state index contributed by atoms with van der Waals surface area (Å²) in [5.41, 5.74) is 0.125. The molecule has 0 amide bonds. The van der Waals surface area contributed by atoms with Crippen molar-refractivity contribution in [2.75, 3.05) is 6.54 Å². The van der Waals surface area contributed by atoms with Gasteiger partial charge < -0.3 is 5.32 Å². The number of halogens is 3. The molecule has 2 aliphatic rings. The van der Waals surface area contributed by atoms with Crippen molar-refractivity contribution in [1.29, 1.82) is 0 Å². The number of allylic oxidation sites excluding steroid dienone is 2. The Morgan fingerprint density at radius 3 is 2.67 bits per heavy atom. The lowest BCUT2D eigenvalue weighted by Crippen LogP contribution is -2.28. The number of nitrogens with one attached hydrogen (secondary N) is 1. The molecule has 0 radical (unpaired) electrons. The van der Waals surface area contributed by atoms with E-state index in [1.165, 1.54) is 25.0 Å². The molecular weight excluding hydrogens is 275 g/mol. The Morgan fingerprint density at radius 2 is 2.05 bits per heavy atom. The molecule has 3 rings (SSSR count). The van der Waals surface area contributed by atoms with Gasteiger partial charge in [-0.05, 0) is 61.8 Å². The SMILES string of the molecule is CC(NCC1CC2C=CC1C2)c1cccc(C(F)(F)F)c1. The van der Waals surface area contributed by atoms with E-state index in [-0.39, 0.29) is 6.04 Å². The van der Waals surface area contributed by atoms with Crippen molar-refractivity contribution in [2.24, 2.45) is 17.8 Å². The highest BCUT2D eigenvalue weighted by Crippen LogP contribution is 2.43. The predicted molar refractivity (Wildman–Crippen MR) is 76.7 cm³/mol. The molecule has 4 unspecified atom stereocenters. The van der Waals surface area contributed by atoms with E-state index in [4.69, 9.17) is 0 Å². The van der Waals surface area contributed by atoms with E-state index in [0.717, 1.165) is 18.5 Å². The van der Waals surface area contributed by atoms with E-state index >= 15 is 0 Å². The summed E-state index contributed by atoms with van der Waals surface area (Å²) in [6.07, 6.45) is 2.80. The summed E-state index contributed by atoms with van der Waals surface area (Å²) >= 11 is 0. The molecule has 4 atom stereocenters. The summed E-state index contributed by atoms with van der Waals surface area (Å²) in [6, 6.07) is 5.55. The molecule has 0 spiro atoms. The van der Waals surface area contributed by atoms with Gasteiger partial charge in [0.05, 0.1) is 5.56 Å². The van der Waals surface area contributed by atoms with Crippen LogP contribution in [0.3, 0.4) is 0 Å². The summed E-state index contributed by atoms with van der Waals surface area (Å²) in [5.74, 6) is 2.02. The zero-order valence-electron chi connectivity index (χ0n) is 12.0. The van der Waals surface area contributed by atoms with Crippen LogP contribution in [0.5, 0.6) is 0 Å². The molecule has 0 saturated heterocycles. The Hall–Kier alpha value is -1.29. The van der Waals surface area contributed by atoms with E-state index in [1.807, 2.05) is 6.92 Å². The number of hydrogen-bond acceptors (Lipinski definition) is 1. The molecule has 1 fully saturated rings. The van der Waals surface area contributed by atoms with E-state index in [0.29, 0.717) is 17.4 Å². The molecule has 1 nitrogen and oxygen atoms in total. The third kappa shape index (κ3) is 3.15. The van der Waals surface area contributed by atoms with Crippen LogP contribution in [-0.4, -0.2) is 6.54 Å². The van der Waals surface area contributed by atoms with Crippen LogP contribution in [0.4, 0.5) is 13.2 Å². The van der Waals surface area contributed by atoms with Gasteiger partial charge >= 0.3 is 6.18 Å². The monoisotopic (exact) mass is 295 g/mol. The Balaban J connectivity index is 1.60. The molecular formula is C17H20F3N. The van der Waals surface area contributed by atoms with Gasteiger partial charge in [-0.1, -0.05) is 24.3 Å². The summed E-state index contributed by atoms with van der Waals surface area (Å²) in [7, 11) is 0. The molecule has 1 N–H and O–H groups in total. The average Bonchev–Trinajstić information content (AvgIpc) is 3.06. The first-order chi connectivity index (χ1) is 9.93. The molecule has 1 aromatic carbocycles. The summed E-state index contributed by atoms with van der Waals surface area (Å²) in [4.78, 5) is 0. The fourth-order valence-electron chi connectivity index (χ4n) is 3.56. The lowest BCUT2D eigenvalue weighted by atomic mass is 9.93. The molecule has 0 aliphatic heterocycles. The number of rotatable bonds is 4. The highest BCUT2D eigenvalue weighted by atomic mass is 19.4. The van der Waals surface area contributed by atoms with E-state index in [2.05, 4.69) is 17.5 Å². The van der Waals surface area contributed by atoms with E-state index in [1.54, 1.807) is 6.07 Å². The van der Waals surface area contributed by atoms with Gasteiger partial charge in [0.15, 0.2) is 0 Å². The lowest BCUT2D eigenvalue weighted by molar-refractivity contribution is -0.137. The van der Waals surface area contributed by atoms with Gasteiger partial charge in [-0.2, -0.15) is 13.2 Å². The van der Waals surface area contributed by atoms with Crippen LogP contribution in [0, 0.1) is 17.8 Å². The first-order valence-electron chi connectivity index (χ1n) is 7.52. The first-order valence-corrected chi connectivity index (χ1v) is 7.52. The predicted octanol–water partition coefficient (Wildman–Crippen LogP) is 4.57. The molecule has 2 bridgehead atoms. The third-order valence-electron chi connectivity index (χ3n) is 4.82. The van der Waals surface area contributed by atoms with Gasteiger partial charge in [0.1, 0.15) is 0 Å². The maximum atomic E-state index is 12.7. The lowest BCUT2D eigenvalue weighted by Gasteiger charge is -2.22. The average molecular weight is 295 g/mol. The van der Waals surface area contributed by atoms with Crippen LogP contribution in [0.2, 0.25) is 0 Å². The molecule has 114 valence electrons. The van der Waals surface area contributed by atoms with Crippen LogP contribution in [-0.2, 0) is 6.18 Å². The standard InChI is InChI=1S/C17H20F3N/c1-11(13-3-2-4-16(9-13)17(18,19)20)21-10-15-8-12-5-6-14(15)7-12/h2-6,9,11-12,14-15,21H,7-8,10H2,1H3. The minimum atomic E-state index is -4.27. The largest absolute Gasteiger partial charge is 0.416 e. The Bertz CT molecular complexity index is 535. The minimum Gasteiger partial charge on any atom is -0.310 e. The Labute approximate surface area is 123 Å². The van der Waals surface area contributed by atoms with Crippen LogP contribution in [0.1, 0.15) is 36.9 Å². The normalized spacial score (nSPS) is 29.0. The van der Waals surface area contributed by atoms with Crippen LogP contribution in [0.15, 0.2) is 36.4 Å². The van der Waals surface area contributed by atoms with Crippen molar-refractivity contribution in [3.8, 4) is 0 Å². The van der Waals surface area contributed by atoms with Crippen molar-refractivity contribution in [3.05, 3.63) is 47.5 Å². The van der Waals surface area contributed by atoms with Gasteiger partial charge in [-0.3, -0.25) is 0 Å². The number of alkyl halides is 3. The quantitative estimate of drug-likeness (QED) is 0.802. The van der Waals surface area contributed by atoms with Gasteiger partial charge in [0.25, 0.3) is 0 Å². The van der Waals surface area contributed by atoms with Crippen LogP contribution in [0.25, 0.3) is 0 Å². The van der Waals surface area contributed by atoms with Gasteiger partial charge in [0.2, 0.25) is 0 Å². The number of fused-ring (bicyclic) bond motifs is 2. The van der Waals surface area contributed by atoms with Gasteiger partial charge in [-0.15, -0.1) is 0 Å². The molecule has 1 aromatic rings. The van der Waals surface area contributed by atoms with Crippen LogP contribution < -0.4 is 5.32 Å². The summed E-state index contributed by atoms with van der Waals surface area (Å²) in [6.45, 7) is 2.81. The second-order valence-corrected chi connectivity index (χ2v) is 6.29. The molecule has 2 aliphatic carbocycles. The fraction of sp³-hybridized carbons (Fsp3) is 0.529. The van der Waals surface area contributed by atoms with Crippen LogP contribution >= 0.6 is 0 Å². The maximum absolute atomic E-state index is 12.7. The maximum Gasteiger partial charge on any atom is 0.416 e. The molecule has 0 heterocycles. The van der Waals surface area contributed by atoms with Crippen molar-refractivity contribution >= 4 is 0 Å². The Morgan fingerprint density at radius 1 is 1.24 bits per heavy atom. The second-order valence-electron chi connectivity index (χ2n) is 6.29. The Kier molecular flexibility index (Phi) is 3.82. The molecule has 4 heteroatoms. The minimum absolute atomic E-state index is 0.0598. The topological polar surface area (TPSA) is 12.0 Å². The van der Waals surface area contributed by atoms with E-state index < -0.39 is 11.7 Å². The van der Waals surface area contributed by atoms with Crippen molar-refractivity contribution in [3.63, 3.8) is 0 Å². The van der Waals surface area contributed by atoms with Crippen molar-refractivity contribution in [2.45, 2.75) is 32.0 Å². The van der Waals surface area contributed by atoms with Crippen molar-refractivity contribution in [1.82, 2.24) is 5.32 Å². The van der Waals surface area contributed by atoms with Gasteiger partial charge in [-0.25, -0.2) is 0 Å². The first kappa shape index (κ1) is 14.6. The fourth-order valence-corrected chi connectivity index (χ4v) is 3.56. The molecule has 0 aromatic heterocycles. The smallest absolute Gasteiger partial charge is 0.310 e. The molecule has 1 saturated carbocycles. The zero-order valence-corrected chi connectivity index (χ0v) is 12.0. The van der Waals surface area contributed by atoms with Crippen molar-refractivity contribution < 1.29 is 13.2 Å². The van der Waals surface area contributed by atoms with Gasteiger partial charge in [0, 0.05) is 6.04 Å². The second kappa shape index (κ2) is 5.48. The highest BCUT2D eigenvalue weighted by Gasteiger charge is 2.35. The summed E-state index contributed by atoms with van der Waals surface area (Å²) in [5, 5.41) is 3.40. The number of benzene rings is 1. The zero-order chi connectivity index (χ0) is 15.0. The van der Waals surface area contributed by atoms with E-state index in [9.17, 15) is 13.2 Å². The summed E-state index contributed by atoms with van der Waals surface area (Å²) < 4.78 is 38.2. The number of hydrogen-bond donors (Lipinski definition) is 1.